The van der Waals surface area contributed by atoms with Crippen molar-refractivity contribution in [3.05, 3.63) is 59.2 Å². The Hall–Kier alpha value is -2.04. The largest absolute Gasteiger partial charge is 0.497 e. The number of rotatable bonds is 6. The van der Waals surface area contributed by atoms with Gasteiger partial charge in [0.05, 0.1) is 20.3 Å². The highest BCUT2D eigenvalue weighted by atomic mass is 16.5. The summed E-state index contributed by atoms with van der Waals surface area (Å²) in [6.07, 6.45) is 2.62. The van der Waals surface area contributed by atoms with Crippen LogP contribution in [0.4, 0.5) is 0 Å². The number of aliphatic hydroxyl groups excluding tert-OH is 1. The normalized spacial score (nSPS) is 17.9. The number of hydrogen-bond acceptors (Lipinski definition) is 4. The maximum Gasteiger partial charge on any atom is 0.122 e. The van der Waals surface area contributed by atoms with E-state index in [1.807, 2.05) is 18.2 Å². The average Bonchev–Trinajstić information content (AvgIpc) is 2.65. The molecule has 0 amide bonds. The topological polar surface area (TPSA) is 50.7 Å². The fourth-order valence-electron chi connectivity index (χ4n) is 3.29. The molecular formula is C20H25NO3. The molecule has 0 aromatic heterocycles. The van der Waals surface area contributed by atoms with Crippen molar-refractivity contribution in [1.82, 2.24) is 5.32 Å². The van der Waals surface area contributed by atoms with Crippen molar-refractivity contribution in [1.29, 1.82) is 0 Å². The number of methoxy groups -OCH3 is 2. The van der Waals surface area contributed by atoms with Crippen molar-refractivity contribution in [2.45, 2.75) is 31.4 Å². The maximum atomic E-state index is 10.5. The molecule has 0 spiro atoms. The quantitative estimate of drug-likeness (QED) is 0.856. The lowest BCUT2D eigenvalue weighted by Gasteiger charge is -2.26. The minimum atomic E-state index is -0.592. The van der Waals surface area contributed by atoms with Gasteiger partial charge in [0.1, 0.15) is 11.5 Å². The molecule has 2 aromatic carbocycles. The molecule has 2 aromatic rings. The highest BCUT2D eigenvalue weighted by Crippen LogP contribution is 2.27. The molecule has 0 fully saturated rings. The lowest BCUT2D eigenvalue weighted by Crippen LogP contribution is -2.37. The monoisotopic (exact) mass is 327 g/mol. The van der Waals surface area contributed by atoms with Gasteiger partial charge in [-0.25, -0.2) is 0 Å². The number of aryl methyl sites for hydroxylation is 1. The Morgan fingerprint density at radius 3 is 2.42 bits per heavy atom. The third kappa shape index (κ3) is 3.89. The number of benzene rings is 2. The summed E-state index contributed by atoms with van der Waals surface area (Å²) in [7, 11) is 3.23. The van der Waals surface area contributed by atoms with E-state index in [9.17, 15) is 5.11 Å². The molecule has 24 heavy (non-hydrogen) atoms. The first-order valence-electron chi connectivity index (χ1n) is 8.41. The fraction of sp³-hybridized carbons (Fsp3) is 0.400. The van der Waals surface area contributed by atoms with Gasteiger partial charge in [-0.2, -0.15) is 0 Å². The zero-order valence-corrected chi connectivity index (χ0v) is 14.3. The molecule has 0 saturated carbocycles. The minimum Gasteiger partial charge on any atom is -0.497 e. The highest BCUT2D eigenvalue weighted by Gasteiger charge is 2.19. The molecule has 2 N–H and O–H groups in total. The summed E-state index contributed by atoms with van der Waals surface area (Å²) >= 11 is 0. The molecule has 0 saturated heterocycles. The Kier molecular flexibility index (Phi) is 5.38. The molecule has 0 bridgehead atoms. The van der Waals surface area contributed by atoms with Crippen LogP contribution in [0.5, 0.6) is 11.5 Å². The van der Waals surface area contributed by atoms with E-state index in [4.69, 9.17) is 9.47 Å². The van der Waals surface area contributed by atoms with Gasteiger partial charge in [0.15, 0.2) is 0 Å². The highest BCUT2D eigenvalue weighted by molar-refractivity contribution is 5.39. The molecule has 4 nitrogen and oxygen atoms in total. The third-order valence-corrected chi connectivity index (χ3v) is 4.71. The molecule has 1 aliphatic rings. The zero-order valence-electron chi connectivity index (χ0n) is 14.3. The van der Waals surface area contributed by atoms with Crippen LogP contribution >= 0.6 is 0 Å². The van der Waals surface area contributed by atoms with Crippen LogP contribution in [0, 0.1) is 0 Å². The number of fused-ring (bicyclic) bond motifs is 1. The van der Waals surface area contributed by atoms with Crippen molar-refractivity contribution in [3.63, 3.8) is 0 Å². The smallest absolute Gasteiger partial charge is 0.122 e. The van der Waals surface area contributed by atoms with E-state index in [1.165, 1.54) is 11.1 Å². The second-order valence-corrected chi connectivity index (χ2v) is 6.28. The van der Waals surface area contributed by atoms with Gasteiger partial charge in [-0.15, -0.1) is 0 Å². The van der Waals surface area contributed by atoms with Crippen LogP contribution in [0.15, 0.2) is 42.5 Å². The lowest BCUT2D eigenvalue weighted by molar-refractivity contribution is 0.167. The van der Waals surface area contributed by atoms with E-state index < -0.39 is 6.10 Å². The van der Waals surface area contributed by atoms with Gasteiger partial charge < -0.3 is 19.9 Å². The molecule has 4 heteroatoms. The molecule has 2 unspecified atom stereocenters. The van der Waals surface area contributed by atoms with E-state index >= 15 is 0 Å². The van der Waals surface area contributed by atoms with Gasteiger partial charge >= 0.3 is 0 Å². The van der Waals surface area contributed by atoms with Crippen LogP contribution in [-0.2, 0) is 12.8 Å². The molecule has 2 atom stereocenters. The summed E-state index contributed by atoms with van der Waals surface area (Å²) < 4.78 is 10.5. The Bertz CT molecular complexity index is 664. The molecule has 1 aliphatic carbocycles. The van der Waals surface area contributed by atoms with Crippen LogP contribution in [-0.4, -0.2) is 31.9 Å². The van der Waals surface area contributed by atoms with Gasteiger partial charge in [0, 0.05) is 18.7 Å². The predicted molar refractivity (Wildman–Crippen MR) is 94.8 cm³/mol. The number of nitrogens with one attached hydrogen (secondary N) is 1. The van der Waals surface area contributed by atoms with E-state index in [0.717, 1.165) is 24.8 Å². The van der Waals surface area contributed by atoms with Crippen LogP contribution in [0.2, 0.25) is 0 Å². The van der Waals surface area contributed by atoms with Crippen LogP contribution in [0.1, 0.15) is 29.2 Å². The third-order valence-electron chi connectivity index (χ3n) is 4.71. The van der Waals surface area contributed by atoms with E-state index in [0.29, 0.717) is 24.1 Å². The fourth-order valence-corrected chi connectivity index (χ4v) is 3.29. The van der Waals surface area contributed by atoms with Crippen molar-refractivity contribution < 1.29 is 14.6 Å². The average molecular weight is 327 g/mol. The first-order valence-corrected chi connectivity index (χ1v) is 8.41. The first kappa shape index (κ1) is 16.8. The molecule has 0 aliphatic heterocycles. The van der Waals surface area contributed by atoms with Crippen molar-refractivity contribution in [3.8, 4) is 11.5 Å². The van der Waals surface area contributed by atoms with E-state index in [2.05, 4.69) is 29.6 Å². The van der Waals surface area contributed by atoms with E-state index in [-0.39, 0.29) is 0 Å². The molecular weight excluding hydrogens is 302 g/mol. The Balaban J connectivity index is 1.61. The molecule has 128 valence electrons. The van der Waals surface area contributed by atoms with Crippen molar-refractivity contribution >= 4 is 0 Å². The SMILES string of the molecule is COc1cc(OC)cc(C(O)CNC2CCc3ccccc3C2)c1. The zero-order chi connectivity index (χ0) is 16.9. The summed E-state index contributed by atoms with van der Waals surface area (Å²) in [5.74, 6) is 1.38. The summed E-state index contributed by atoms with van der Waals surface area (Å²) in [5, 5.41) is 14.0. The molecule has 0 heterocycles. The van der Waals surface area contributed by atoms with Crippen molar-refractivity contribution in [2.75, 3.05) is 20.8 Å². The second-order valence-electron chi connectivity index (χ2n) is 6.28. The second kappa shape index (κ2) is 7.69. The maximum absolute atomic E-state index is 10.5. The summed E-state index contributed by atoms with van der Waals surface area (Å²) in [6.45, 7) is 0.517. The van der Waals surface area contributed by atoms with Gasteiger partial charge in [-0.05, 0) is 48.1 Å². The van der Waals surface area contributed by atoms with Crippen LogP contribution < -0.4 is 14.8 Å². The summed E-state index contributed by atoms with van der Waals surface area (Å²) in [5.41, 5.74) is 3.67. The van der Waals surface area contributed by atoms with Gasteiger partial charge in [-0.1, -0.05) is 24.3 Å². The Labute approximate surface area is 143 Å². The van der Waals surface area contributed by atoms with Gasteiger partial charge in [0.2, 0.25) is 0 Å². The van der Waals surface area contributed by atoms with Crippen LogP contribution in [0.25, 0.3) is 0 Å². The summed E-state index contributed by atoms with van der Waals surface area (Å²) in [4.78, 5) is 0. The van der Waals surface area contributed by atoms with Gasteiger partial charge in [-0.3, -0.25) is 0 Å². The first-order chi connectivity index (χ1) is 11.7. The standard InChI is InChI=1S/C20H25NO3/c1-23-18-10-16(11-19(12-18)24-2)20(22)13-21-17-8-7-14-5-3-4-6-15(14)9-17/h3-6,10-12,17,20-22H,7-9,13H2,1-2H3. The lowest BCUT2D eigenvalue weighted by atomic mass is 9.88. The Morgan fingerprint density at radius 2 is 1.75 bits per heavy atom. The Morgan fingerprint density at radius 1 is 1.08 bits per heavy atom. The number of ether oxygens (including phenoxy) is 2. The van der Waals surface area contributed by atoms with Gasteiger partial charge in [0.25, 0.3) is 0 Å². The summed E-state index contributed by atoms with van der Waals surface area (Å²) in [6, 6.07) is 14.5. The number of hydrogen-bond donors (Lipinski definition) is 2. The number of aliphatic hydroxyl groups is 1. The molecule has 0 radical (unpaired) electrons. The predicted octanol–water partition coefficient (Wildman–Crippen LogP) is 2.88. The van der Waals surface area contributed by atoms with Crippen molar-refractivity contribution in [2.24, 2.45) is 0 Å². The van der Waals surface area contributed by atoms with Crippen LogP contribution in [0.3, 0.4) is 0 Å². The van der Waals surface area contributed by atoms with E-state index in [1.54, 1.807) is 14.2 Å². The molecule has 3 rings (SSSR count). The minimum absolute atomic E-state index is 0.405.